The van der Waals surface area contributed by atoms with Crippen LogP contribution in [0.15, 0.2) is 42.5 Å². The standard InChI is InChI=1S/C21H28N2O3/c1-4-5-13-23-21(24)17-11-9-16(10-12-17)14-22-15-18-7-6-8-19(25-2)20(18)26-3/h6-12,22H,4-5,13-15H2,1-3H3,(H,23,24). The van der Waals surface area contributed by atoms with Crippen LogP contribution in [0.1, 0.15) is 41.3 Å². The van der Waals surface area contributed by atoms with Crippen molar-refractivity contribution in [3.8, 4) is 11.5 Å². The van der Waals surface area contributed by atoms with Crippen LogP contribution in [-0.4, -0.2) is 26.7 Å². The first-order chi connectivity index (χ1) is 12.7. The molecule has 2 N–H and O–H groups in total. The molecule has 0 aromatic heterocycles. The minimum Gasteiger partial charge on any atom is -0.493 e. The molecule has 0 aliphatic heterocycles. The van der Waals surface area contributed by atoms with Crippen molar-refractivity contribution in [1.82, 2.24) is 10.6 Å². The SMILES string of the molecule is CCCCNC(=O)c1ccc(CNCc2cccc(OC)c2OC)cc1. The number of hydrogen-bond acceptors (Lipinski definition) is 4. The quantitative estimate of drug-likeness (QED) is 0.640. The molecule has 140 valence electrons. The molecule has 0 saturated carbocycles. The van der Waals surface area contributed by atoms with Crippen molar-refractivity contribution in [2.24, 2.45) is 0 Å². The summed E-state index contributed by atoms with van der Waals surface area (Å²) in [6.07, 6.45) is 2.07. The Balaban J connectivity index is 1.88. The molecule has 0 radical (unpaired) electrons. The Morgan fingerprint density at radius 3 is 2.42 bits per heavy atom. The highest BCUT2D eigenvalue weighted by atomic mass is 16.5. The van der Waals surface area contributed by atoms with Crippen LogP contribution >= 0.6 is 0 Å². The van der Waals surface area contributed by atoms with E-state index in [-0.39, 0.29) is 5.91 Å². The van der Waals surface area contributed by atoms with Crippen LogP contribution in [-0.2, 0) is 13.1 Å². The van der Waals surface area contributed by atoms with Crippen LogP contribution in [0.2, 0.25) is 0 Å². The highest BCUT2D eigenvalue weighted by Gasteiger charge is 2.09. The number of carbonyl (C=O) groups excluding carboxylic acids is 1. The fourth-order valence-corrected chi connectivity index (χ4v) is 2.69. The summed E-state index contributed by atoms with van der Waals surface area (Å²) in [6.45, 7) is 4.20. The number of nitrogens with one attached hydrogen (secondary N) is 2. The Kier molecular flexibility index (Phi) is 7.96. The van der Waals surface area contributed by atoms with E-state index < -0.39 is 0 Å². The number of para-hydroxylation sites is 1. The Hall–Kier alpha value is -2.53. The summed E-state index contributed by atoms with van der Waals surface area (Å²) in [6, 6.07) is 13.5. The molecule has 26 heavy (non-hydrogen) atoms. The molecule has 0 fully saturated rings. The Bertz CT molecular complexity index is 699. The fourth-order valence-electron chi connectivity index (χ4n) is 2.69. The van der Waals surface area contributed by atoms with Crippen molar-refractivity contribution < 1.29 is 14.3 Å². The van der Waals surface area contributed by atoms with Crippen molar-refractivity contribution in [2.75, 3.05) is 20.8 Å². The number of rotatable bonds is 10. The summed E-state index contributed by atoms with van der Waals surface area (Å²) >= 11 is 0. The molecular formula is C21H28N2O3. The fraction of sp³-hybridized carbons (Fsp3) is 0.381. The summed E-state index contributed by atoms with van der Waals surface area (Å²) in [7, 11) is 3.28. The Morgan fingerprint density at radius 2 is 1.77 bits per heavy atom. The van der Waals surface area contributed by atoms with Crippen LogP contribution in [0.3, 0.4) is 0 Å². The number of methoxy groups -OCH3 is 2. The molecule has 0 bridgehead atoms. The summed E-state index contributed by atoms with van der Waals surface area (Å²) in [5.74, 6) is 1.46. The number of ether oxygens (including phenoxy) is 2. The maximum Gasteiger partial charge on any atom is 0.251 e. The highest BCUT2D eigenvalue weighted by Crippen LogP contribution is 2.30. The minimum atomic E-state index is -0.0147. The van der Waals surface area contributed by atoms with Crippen LogP contribution in [0.4, 0.5) is 0 Å². The number of benzene rings is 2. The zero-order chi connectivity index (χ0) is 18.8. The predicted molar refractivity (Wildman–Crippen MR) is 104 cm³/mol. The van der Waals surface area contributed by atoms with Gasteiger partial charge in [0.1, 0.15) is 0 Å². The Labute approximate surface area is 155 Å². The molecule has 0 saturated heterocycles. The first-order valence-corrected chi connectivity index (χ1v) is 8.97. The van der Waals surface area contributed by atoms with Crippen molar-refractivity contribution in [2.45, 2.75) is 32.9 Å². The zero-order valence-electron chi connectivity index (χ0n) is 15.8. The molecular weight excluding hydrogens is 328 g/mol. The molecule has 5 heteroatoms. The van der Waals surface area contributed by atoms with Crippen LogP contribution in [0.5, 0.6) is 11.5 Å². The average molecular weight is 356 g/mol. The molecule has 0 aliphatic carbocycles. The van der Waals surface area contributed by atoms with Crippen LogP contribution < -0.4 is 20.1 Å². The van der Waals surface area contributed by atoms with E-state index in [9.17, 15) is 4.79 Å². The smallest absolute Gasteiger partial charge is 0.251 e. The lowest BCUT2D eigenvalue weighted by Gasteiger charge is -2.13. The number of unbranched alkanes of at least 4 members (excludes halogenated alkanes) is 1. The van der Waals surface area contributed by atoms with Crippen LogP contribution in [0, 0.1) is 0 Å². The molecule has 0 spiro atoms. The first kappa shape index (κ1) is 19.8. The summed E-state index contributed by atoms with van der Waals surface area (Å²) in [4.78, 5) is 12.0. The van der Waals surface area contributed by atoms with E-state index in [1.807, 2.05) is 42.5 Å². The van der Waals surface area contributed by atoms with Gasteiger partial charge in [-0.1, -0.05) is 37.6 Å². The van der Waals surface area contributed by atoms with Gasteiger partial charge in [-0.3, -0.25) is 4.79 Å². The van der Waals surface area contributed by atoms with E-state index in [0.717, 1.165) is 42.0 Å². The second-order valence-electron chi connectivity index (χ2n) is 6.06. The predicted octanol–water partition coefficient (Wildman–Crippen LogP) is 3.52. The maximum absolute atomic E-state index is 12.0. The van der Waals surface area contributed by atoms with Gasteiger partial charge in [0.15, 0.2) is 11.5 Å². The largest absolute Gasteiger partial charge is 0.493 e. The monoisotopic (exact) mass is 356 g/mol. The number of carbonyl (C=O) groups is 1. The van der Waals surface area contributed by atoms with E-state index in [2.05, 4.69) is 17.6 Å². The molecule has 2 aromatic rings. The normalized spacial score (nSPS) is 10.4. The molecule has 0 heterocycles. The van der Waals surface area contributed by atoms with Crippen molar-refractivity contribution >= 4 is 5.91 Å². The van der Waals surface area contributed by atoms with Gasteiger partial charge in [-0.05, 0) is 30.2 Å². The molecule has 0 atom stereocenters. The van der Waals surface area contributed by atoms with Gasteiger partial charge in [0.25, 0.3) is 5.91 Å². The topological polar surface area (TPSA) is 59.6 Å². The van der Waals surface area contributed by atoms with E-state index in [0.29, 0.717) is 18.7 Å². The third-order valence-electron chi connectivity index (χ3n) is 4.16. The second-order valence-corrected chi connectivity index (χ2v) is 6.06. The summed E-state index contributed by atoms with van der Waals surface area (Å²) < 4.78 is 10.8. The van der Waals surface area contributed by atoms with E-state index >= 15 is 0 Å². The van der Waals surface area contributed by atoms with Crippen molar-refractivity contribution in [3.63, 3.8) is 0 Å². The lowest BCUT2D eigenvalue weighted by atomic mass is 10.1. The maximum atomic E-state index is 12.0. The summed E-state index contributed by atoms with van der Waals surface area (Å²) in [5.41, 5.74) is 2.86. The molecule has 0 aliphatic rings. The van der Waals surface area contributed by atoms with Gasteiger partial charge in [-0.2, -0.15) is 0 Å². The van der Waals surface area contributed by atoms with Crippen LogP contribution in [0.25, 0.3) is 0 Å². The second kappa shape index (κ2) is 10.5. The highest BCUT2D eigenvalue weighted by molar-refractivity contribution is 5.94. The third kappa shape index (κ3) is 5.49. The molecule has 1 amide bonds. The first-order valence-electron chi connectivity index (χ1n) is 8.97. The lowest BCUT2D eigenvalue weighted by Crippen LogP contribution is -2.24. The number of hydrogen-bond donors (Lipinski definition) is 2. The van der Waals surface area contributed by atoms with Crippen molar-refractivity contribution in [3.05, 3.63) is 59.2 Å². The molecule has 2 rings (SSSR count). The van der Waals surface area contributed by atoms with Gasteiger partial charge in [0.05, 0.1) is 14.2 Å². The van der Waals surface area contributed by atoms with Gasteiger partial charge < -0.3 is 20.1 Å². The van der Waals surface area contributed by atoms with Gasteiger partial charge in [0.2, 0.25) is 0 Å². The minimum absolute atomic E-state index is 0.0147. The van der Waals surface area contributed by atoms with Crippen molar-refractivity contribution in [1.29, 1.82) is 0 Å². The zero-order valence-corrected chi connectivity index (χ0v) is 15.8. The number of amides is 1. The average Bonchev–Trinajstić information content (AvgIpc) is 2.68. The summed E-state index contributed by atoms with van der Waals surface area (Å²) in [5, 5.41) is 6.33. The van der Waals surface area contributed by atoms with Gasteiger partial charge in [-0.25, -0.2) is 0 Å². The molecule has 0 unspecified atom stereocenters. The van der Waals surface area contributed by atoms with E-state index in [4.69, 9.17) is 9.47 Å². The van der Waals surface area contributed by atoms with Gasteiger partial charge in [-0.15, -0.1) is 0 Å². The molecule has 2 aromatic carbocycles. The molecule has 5 nitrogen and oxygen atoms in total. The van der Waals surface area contributed by atoms with E-state index in [1.54, 1.807) is 14.2 Å². The Morgan fingerprint density at radius 1 is 1.00 bits per heavy atom. The third-order valence-corrected chi connectivity index (χ3v) is 4.16. The van der Waals surface area contributed by atoms with Gasteiger partial charge >= 0.3 is 0 Å². The lowest BCUT2D eigenvalue weighted by molar-refractivity contribution is 0.0953. The van der Waals surface area contributed by atoms with E-state index in [1.165, 1.54) is 0 Å². The van der Waals surface area contributed by atoms with Gasteiger partial charge in [0, 0.05) is 30.8 Å².